The number of hydrogen-bond donors (Lipinski definition) is 0. The molecule has 6 nitrogen and oxygen atoms in total. The van der Waals surface area contributed by atoms with Crippen molar-refractivity contribution in [1.82, 2.24) is 9.91 Å². The normalized spacial score (nSPS) is 17.8. The highest BCUT2D eigenvalue weighted by molar-refractivity contribution is 5.98. The summed E-state index contributed by atoms with van der Waals surface area (Å²) in [6, 6.07) is 5.95. The zero-order valence-electron chi connectivity index (χ0n) is 22.1. The molecule has 0 amide bonds. The van der Waals surface area contributed by atoms with Gasteiger partial charge in [-0.3, -0.25) is 4.79 Å². The maximum atomic E-state index is 13.4. The van der Waals surface area contributed by atoms with Crippen LogP contribution in [0.4, 0.5) is 0 Å². The van der Waals surface area contributed by atoms with Gasteiger partial charge in [-0.2, -0.15) is 0 Å². The van der Waals surface area contributed by atoms with E-state index in [2.05, 4.69) is 52.4 Å². The Morgan fingerprint density at radius 3 is 2.54 bits per heavy atom. The van der Waals surface area contributed by atoms with Crippen molar-refractivity contribution in [2.45, 2.75) is 78.7 Å². The summed E-state index contributed by atoms with van der Waals surface area (Å²) in [5, 5.41) is 6.43. The van der Waals surface area contributed by atoms with Gasteiger partial charge < -0.3 is 14.4 Å². The van der Waals surface area contributed by atoms with E-state index in [0.29, 0.717) is 23.2 Å². The molecule has 0 spiro atoms. The molecule has 2 heterocycles. The van der Waals surface area contributed by atoms with Crippen molar-refractivity contribution in [1.29, 1.82) is 0 Å². The summed E-state index contributed by atoms with van der Waals surface area (Å²) in [5.41, 5.74) is 3.61. The molecule has 0 unspecified atom stereocenters. The molecule has 1 fully saturated rings. The highest BCUT2D eigenvalue weighted by atomic mass is 16.5. The molecule has 0 bridgehead atoms. The van der Waals surface area contributed by atoms with Crippen LogP contribution in [0.25, 0.3) is 0 Å². The number of nitrogens with zero attached hydrogens (tertiary/aromatic N) is 3. The van der Waals surface area contributed by atoms with E-state index < -0.39 is 0 Å². The smallest absolute Gasteiger partial charge is 0.232 e. The first-order valence-electron chi connectivity index (χ1n) is 12.8. The van der Waals surface area contributed by atoms with Crippen molar-refractivity contribution in [3.8, 4) is 5.75 Å². The van der Waals surface area contributed by atoms with E-state index in [4.69, 9.17) is 9.47 Å². The Hall–Kier alpha value is -3.02. The number of allylic oxidation sites excluding steroid dienone is 1. The van der Waals surface area contributed by atoms with E-state index in [1.807, 2.05) is 36.2 Å². The molecule has 0 N–H and O–H groups in total. The Kier molecular flexibility index (Phi) is 7.11. The fourth-order valence-electron chi connectivity index (χ4n) is 4.15. The third-order valence-corrected chi connectivity index (χ3v) is 6.81. The minimum Gasteiger partial charge on any atom is -0.493 e. The van der Waals surface area contributed by atoms with E-state index in [1.165, 1.54) is 12.8 Å². The molecule has 0 radical (unpaired) electrons. The van der Waals surface area contributed by atoms with Crippen molar-refractivity contribution in [3.63, 3.8) is 0 Å². The van der Waals surface area contributed by atoms with Gasteiger partial charge in [-0.1, -0.05) is 41.2 Å². The summed E-state index contributed by atoms with van der Waals surface area (Å²) in [4.78, 5) is 15.3. The third-order valence-electron chi connectivity index (χ3n) is 6.81. The highest BCUT2D eigenvalue weighted by Gasteiger charge is 2.32. The van der Waals surface area contributed by atoms with Crippen LogP contribution in [0.3, 0.4) is 0 Å². The van der Waals surface area contributed by atoms with Gasteiger partial charge in [0.15, 0.2) is 5.78 Å². The predicted molar refractivity (Wildman–Crippen MR) is 140 cm³/mol. The van der Waals surface area contributed by atoms with E-state index in [9.17, 15) is 4.79 Å². The molecule has 1 aliphatic carbocycles. The fourth-order valence-corrected chi connectivity index (χ4v) is 4.15. The predicted octanol–water partition coefficient (Wildman–Crippen LogP) is 6.36. The molecular weight excluding hydrogens is 438 g/mol. The number of rotatable bonds is 9. The van der Waals surface area contributed by atoms with Gasteiger partial charge >= 0.3 is 0 Å². The van der Waals surface area contributed by atoms with Gasteiger partial charge in [0.05, 0.1) is 25.0 Å². The second-order valence-electron chi connectivity index (χ2n) is 10.9. The van der Waals surface area contributed by atoms with Gasteiger partial charge in [0.25, 0.3) is 0 Å². The Balaban J connectivity index is 1.51. The topological polar surface area (TPSA) is 54.4 Å². The van der Waals surface area contributed by atoms with Gasteiger partial charge in [0.1, 0.15) is 11.6 Å². The zero-order chi connectivity index (χ0) is 25.3. The highest BCUT2D eigenvalue weighted by Crippen LogP contribution is 2.35. The minimum atomic E-state index is -0.0876. The number of carbonyl (C=O) groups is 1. The number of hydrazone groups is 1. The van der Waals surface area contributed by atoms with Crippen molar-refractivity contribution in [2.75, 3.05) is 13.2 Å². The first-order valence-corrected chi connectivity index (χ1v) is 12.8. The van der Waals surface area contributed by atoms with Crippen LogP contribution in [-0.2, 0) is 10.2 Å². The molecule has 0 aromatic heterocycles. The Bertz CT molecular complexity index is 1080. The lowest BCUT2D eigenvalue weighted by Crippen LogP contribution is -2.28. The van der Waals surface area contributed by atoms with Gasteiger partial charge in [0.2, 0.25) is 5.90 Å². The molecule has 35 heavy (non-hydrogen) atoms. The Morgan fingerprint density at radius 2 is 1.91 bits per heavy atom. The monoisotopic (exact) mass is 477 g/mol. The summed E-state index contributed by atoms with van der Waals surface area (Å²) in [5.74, 6) is 2.67. The summed E-state index contributed by atoms with van der Waals surface area (Å²) >= 11 is 0. The summed E-state index contributed by atoms with van der Waals surface area (Å²) in [6.45, 7) is 17.8. The number of fused-ring (bicyclic) bond motifs is 1. The maximum Gasteiger partial charge on any atom is 0.232 e. The summed E-state index contributed by atoms with van der Waals surface area (Å²) in [7, 11) is 0. The van der Waals surface area contributed by atoms with Crippen LogP contribution in [0, 0.1) is 5.92 Å². The lowest BCUT2D eigenvalue weighted by molar-refractivity contribution is 0.0962. The van der Waals surface area contributed by atoms with Crippen LogP contribution in [0.1, 0.15) is 83.1 Å². The summed E-state index contributed by atoms with van der Waals surface area (Å²) < 4.78 is 12.1. The maximum absolute atomic E-state index is 13.4. The number of Topliss-reactive ketones (excluding diaryl/α,β-unsaturated/α-hetero) is 1. The molecule has 1 saturated carbocycles. The standard InChI is InChI=1S/C29H39N3O3/c1-8-24(9-2)35-28-12-19(3)26-16-31(20(4)32(26)30-28)17-27(33)22-13-23(29(5,6)7)15-25(14-22)34-18-21-10-11-21/h12-16,21,24H,4,8-11,17-18H2,1-3,5-7H3. The molecule has 2 aliphatic heterocycles. The second-order valence-corrected chi connectivity index (χ2v) is 10.9. The molecule has 188 valence electrons. The molecule has 6 heteroatoms. The van der Waals surface area contributed by atoms with Crippen LogP contribution < -0.4 is 4.74 Å². The van der Waals surface area contributed by atoms with E-state index in [1.54, 1.807) is 5.01 Å². The van der Waals surface area contributed by atoms with Gasteiger partial charge in [-0.15, -0.1) is 5.10 Å². The zero-order valence-corrected chi connectivity index (χ0v) is 22.1. The summed E-state index contributed by atoms with van der Waals surface area (Å²) in [6.07, 6.45) is 8.33. The number of benzene rings is 1. The first-order chi connectivity index (χ1) is 16.6. The number of carbonyl (C=O) groups excluding carboxylic acids is 1. The Morgan fingerprint density at radius 1 is 1.20 bits per heavy atom. The van der Waals surface area contributed by atoms with Crippen LogP contribution in [-0.4, -0.2) is 40.8 Å². The van der Waals surface area contributed by atoms with Crippen LogP contribution in [0.5, 0.6) is 5.75 Å². The van der Waals surface area contributed by atoms with Crippen molar-refractivity contribution < 1.29 is 14.3 Å². The van der Waals surface area contributed by atoms with Gasteiger partial charge in [-0.05, 0) is 73.3 Å². The van der Waals surface area contributed by atoms with E-state index in [0.717, 1.165) is 42.0 Å². The van der Waals surface area contributed by atoms with Crippen LogP contribution in [0.15, 0.2) is 59.2 Å². The lowest BCUT2D eigenvalue weighted by Gasteiger charge is -2.26. The quantitative estimate of drug-likeness (QED) is 0.387. The fraction of sp³-hybridized carbons (Fsp3) is 0.517. The largest absolute Gasteiger partial charge is 0.493 e. The second kappa shape index (κ2) is 9.92. The number of ether oxygens (including phenoxy) is 2. The van der Waals surface area contributed by atoms with Gasteiger partial charge in [-0.25, -0.2) is 5.01 Å². The number of hydrogen-bond acceptors (Lipinski definition) is 6. The lowest BCUT2D eigenvalue weighted by atomic mass is 9.85. The van der Waals surface area contributed by atoms with Crippen molar-refractivity contribution in [3.05, 3.63) is 65.3 Å². The molecule has 0 saturated heterocycles. The van der Waals surface area contributed by atoms with E-state index >= 15 is 0 Å². The molecule has 0 atom stereocenters. The van der Waals surface area contributed by atoms with E-state index in [-0.39, 0.29) is 23.8 Å². The van der Waals surface area contributed by atoms with Crippen LogP contribution in [0.2, 0.25) is 0 Å². The first kappa shape index (κ1) is 25.1. The average molecular weight is 478 g/mol. The molecule has 1 aromatic rings. The van der Waals surface area contributed by atoms with Gasteiger partial charge in [0, 0.05) is 17.8 Å². The molecule has 1 aromatic carbocycles. The van der Waals surface area contributed by atoms with Crippen LogP contribution >= 0.6 is 0 Å². The molecule has 3 aliphatic rings. The van der Waals surface area contributed by atoms with Crippen molar-refractivity contribution in [2.24, 2.45) is 11.0 Å². The van der Waals surface area contributed by atoms with Crippen molar-refractivity contribution >= 4 is 11.7 Å². The SMILES string of the molecule is C=C1N(CC(=O)c2cc(OCC3CC3)cc(C(C)(C)C)c2)C=C2C(C)=CC(OC(CC)CC)=NN12. The molecular formula is C29H39N3O3. The Labute approximate surface area is 210 Å². The third kappa shape index (κ3) is 5.80. The minimum absolute atomic E-state index is 0.0179. The molecule has 4 rings (SSSR count). The number of ketones is 1. The average Bonchev–Trinajstić information content (AvgIpc) is 3.60.